The average Bonchev–Trinajstić information content (AvgIpc) is 2.67. The Morgan fingerprint density at radius 2 is 1.52 bits per heavy atom. The fraction of sp³-hybridized carbons (Fsp3) is 0.0500. The Labute approximate surface area is 157 Å². The van der Waals surface area contributed by atoms with Crippen LogP contribution in [0, 0.1) is 11.6 Å². The van der Waals surface area contributed by atoms with Gasteiger partial charge in [-0.3, -0.25) is 4.79 Å². The van der Waals surface area contributed by atoms with Crippen molar-refractivity contribution in [2.45, 2.75) is 5.16 Å². The molecule has 0 radical (unpaired) electrons. The molecule has 7 heteroatoms. The topological polar surface area (TPSA) is 58.6 Å². The van der Waals surface area contributed by atoms with Gasteiger partial charge < -0.3 is 4.98 Å². The predicted molar refractivity (Wildman–Crippen MR) is 103 cm³/mol. The van der Waals surface area contributed by atoms with Crippen molar-refractivity contribution in [3.05, 3.63) is 76.6 Å². The molecule has 0 saturated heterocycles. The van der Waals surface area contributed by atoms with Gasteiger partial charge in [-0.05, 0) is 24.5 Å². The average molecular weight is 381 g/mol. The van der Waals surface area contributed by atoms with E-state index in [1.807, 2.05) is 0 Å². The maximum atomic E-state index is 14.5. The largest absolute Gasteiger partial charge is 0.306 e. The van der Waals surface area contributed by atoms with Crippen LogP contribution < -0.4 is 5.56 Å². The van der Waals surface area contributed by atoms with E-state index in [0.717, 1.165) is 0 Å². The summed E-state index contributed by atoms with van der Waals surface area (Å²) in [5, 5.41) is 0.768. The third-order valence-corrected chi connectivity index (χ3v) is 4.70. The van der Waals surface area contributed by atoms with E-state index in [4.69, 9.17) is 0 Å². The smallest absolute Gasteiger partial charge is 0.250 e. The molecule has 2 heterocycles. The van der Waals surface area contributed by atoms with Crippen LogP contribution in [0.1, 0.15) is 0 Å². The molecule has 0 saturated carbocycles. The lowest BCUT2D eigenvalue weighted by molar-refractivity contribution is 0.630. The molecule has 2 aromatic carbocycles. The minimum Gasteiger partial charge on any atom is -0.306 e. The summed E-state index contributed by atoms with van der Waals surface area (Å²) in [4.78, 5) is 23.6. The molecule has 1 N–H and O–H groups in total. The summed E-state index contributed by atoms with van der Waals surface area (Å²) >= 11 is 1.27. The molecule has 0 fully saturated rings. The van der Waals surface area contributed by atoms with Crippen LogP contribution in [0.3, 0.4) is 0 Å². The van der Waals surface area contributed by atoms with Gasteiger partial charge in [0.05, 0.1) is 11.1 Å². The van der Waals surface area contributed by atoms with Gasteiger partial charge in [0.15, 0.2) is 5.16 Å². The molecule has 0 bridgehead atoms. The van der Waals surface area contributed by atoms with E-state index < -0.39 is 17.2 Å². The van der Waals surface area contributed by atoms with Crippen molar-refractivity contribution >= 4 is 22.8 Å². The van der Waals surface area contributed by atoms with E-state index >= 15 is 0 Å². The van der Waals surface area contributed by atoms with Gasteiger partial charge in [0.2, 0.25) is 5.56 Å². The molecule has 0 aliphatic heterocycles. The first-order valence-electron chi connectivity index (χ1n) is 8.07. The minimum absolute atomic E-state index is 0.228. The van der Waals surface area contributed by atoms with Gasteiger partial charge in [0.1, 0.15) is 17.3 Å². The second kappa shape index (κ2) is 6.92. The van der Waals surface area contributed by atoms with Crippen LogP contribution in [-0.2, 0) is 0 Å². The Kier molecular flexibility index (Phi) is 4.45. The van der Waals surface area contributed by atoms with Gasteiger partial charge in [-0.25, -0.2) is 18.7 Å². The summed E-state index contributed by atoms with van der Waals surface area (Å²) in [6.45, 7) is 0. The van der Waals surface area contributed by atoms with Crippen molar-refractivity contribution < 1.29 is 8.78 Å². The fourth-order valence-corrected chi connectivity index (χ4v) is 3.34. The van der Waals surface area contributed by atoms with Crippen LogP contribution >= 0.6 is 11.8 Å². The molecule has 0 unspecified atom stereocenters. The summed E-state index contributed by atoms with van der Waals surface area (Å²) in [5.41, 5.74) is 0.913. The summed E-state index contributed by atoms with van der Waals surface area (Å²) in [7, 11) is 0. The molecule has 4 rings (SSSR count). The molecular weight excluding hydrogens is 368 g/mol. The number of thioether (sulfide) groups is 1. The number of rotatable bonds is 3. The highest BCUT2D eigenvalue weighted by Crippen LogP contribution is 2.35. The maximum Gasteiger partial charge on any atom is 0.250 e. The number of H-pyrrole nitrogens is 1. The zero-order chi connectivity index (χ0) is 19.0. The number of halogens is 2. The van der Waals surface area contributed by atoms with Crippen LogP contribution in [0.15, 0.2) is 64.5 Å². The van der Waals surface area contributed by atoms with Gasteiger partial charge in [-0.15, -0.1) is 0 Å². The number of nitrogens with zero attached hydrogens (tertiary/aromatic N) is 2. The fourth-order valence-electron chi connectivity index (χ4n) is 2.97. The van der Waals surface area contributed by atoms with E-state index in [9.17, 15) is 13.6 Å². The van der Waals surface area contributed by atoms with Crippen LogP contribution in [0.2, 0.25) is 0 Å². The van der Waals surface area contributed by atoms with Crippen molar-refractivity contribution in [2.24, 2.45) is 0 Å². The molecule has 4 aromatic rings. The lowest BCUT2D eigenvalue weighted by atomic mass is 9.98. The first-order chi connectivity index (χ1) is 13.1. The Hall–Kier alpha value is -3.06. The number of pyridine rings is 1. The molecule has 2 aromatic heterocycles. The standard InChI is InChI=1S/C20H13F2N3OS/c1-27-20-24-18(12-7-3-5-9-15(12)22)17-13(10-16(26)23-19(17)25-20)11-6-2-4-8-14(11)21/h2-10H,1H3,(H,23,24,25,26). The molecule has 0 aliphatic carbocycles. The molecule has 134 valence electrons. The maximum absolute atomic E-state index is 14.5. The van der Waals surface area contributed by atoms with E-state index in [-0.39, 0.29) is 16.8 Å². The summed E-state index contributed by atoms with van der Waals surface area (Å²) < 4.78 is 29.0. The van der Waals surface area contributed by atoms with Crippen molar-refractivity contribution in [3.63, 3.8) is 0 Å². The Morgan fingerprint density at radius 3 is 2.15 bits per heavy atom. The minimum atomic E-state index is -0.488. The predicted octanol–water partition coefficient (Wildman–Crippen LogP) is 4.65. The van der Waals surface area contributed by atoms with E-state index in [0.29, 0.717) is 21.8 Å². The highest BCUT2D eigenvalue weighted by Gasteiger charge is 2.19. The zero-order valence-corrected chi connectivity index (χ0v) is 15.0. The second-order valence-corrected chi connectivity index (χ2v) is 6.56. The van der Waals surface area contributed by atoms with E-state index in [1.54, 1.807) is 42.7 Å². The summed E-state index contributed by atoms with van der Waals surface area (Å²) in [6.07, 6.45) is 1.78. The molecule has 4 nitrogen and oxygen atoms in total. The van der Waals surface area contributed by atoms with Gasteiger partial charge in [0.25, 0.3) is 0 Å². The van der Waals surface area contributed by atoms with Crippen molar-refractivity contribution in [1.82, 2.24) is 15.0 Å². The van der Waals surface area contributed by atoms with Gasteiger partial charge >= 0.3 is 0 Å². The highest BCUT2D eigenvalue weighted by molar-refractivity contribution is 7.98. The molecule has 0 amide bonds. The van der Waals surface area contributed by atoms with Gasteiger partial charge in [-0.2, -0.15) is 0 Å². The number of hydrogen-bond donors (Lipinski definition) is 1. The molecular formula is C20H13F2N3OS. The SMILES string of the molecule is CSc1nc(-c2ccccc2F)c2c(-c3ccccc3F)cc(=O)[nH]c2n1. The Balaban J connectivity index is 2.19. The zero-order valence-electron chi connectivity index (χ0n) is 14.2. The summed E-state index contributed by atoms with van der Waals surface area (Å²) in [6, 6.07) is 13.6. The molecule has 0 aliphatic rings. The van der Waals surface area contributed by atoms with Crippen molar-refractivity contribution in [3.8, 4) is 22.4 Å². The number of aromatic nitrogens is 3. The van der Waals surface area contributed by atoms with E-state index in [1.165, 1.54) is 30.0 Å². The normalized spacial score (nSPS) is 11.1. The second-order valence-electron chi connectivity index (χ2n) is 5.79. The Morgan fingerprint density at radius 1 is 0.889 bits per heavy atom. The van der Waals surface area contributed by atoms with Crippen LogP contribution in [0.25, 0.3) is 33.4 Å². The molecule has 27 heavy (non-hydrogen) atoms. The quantitative estimate of drug-likeness (QED) is 0.414. The summed E-state index contributed by atoms with van der Waals surface area (Å²) in [5.74, 6) is -0.951. The number of hydrogen-bond acceptors (Lipinski definition) is 4. The first kappa shape index (κ1) is 17.4. The lowest BCUT2D eigenvalue weighted by Crippen LogP contribution is -2.09. The van der Waals surface area contributed by atoms with Crippen LogP contribution in [0.4, 0.5) is 8.78 Å². The third kappa shape index (κ3) is 3.10. The monoisotopic (exact) mass is 381 g/mol. The molecule has 0 spiro atoms. The lowest BCUT2D eigenvalue weighted by Gasteiger charge is -2.13. The van der Waals surface area contributed by atoms with Crippen LogP contribution in [0.5, 0.6) is 0 Å². The number of nitrogens with one attached hydrogen (secondary N) is 1. The number of fused-ring (bicyclic) bond motifs is 1. The number of benzene rings is 2. The number of aromatic amines is 1. The Bertz CT molecular complexity index is 1220. The highest BCUT2D eigenvalue weighted by atomic mass is 32.2. The van der Waals surface area contributed by atoms with Crippen molar-refractivity contribution in [1.29, 1.82) is 0 Å². The van der Waals surface area contributed by atoms with Gasteiger partial charge in [0, 0.05) is 22.8 Å². The third-order valence-electron chi connectivity index (χ3n) is 4.15. The van der Waals surface area contributed by atoms with Crippen LogP contribution in [-0.4, -0.2) is 21.2 Å². The van der Waals surface area contributed by atoms with Crippen molar-refractivity contribution in [2.75, 3.05) is 6.26 Å². The first-order valence-corrected chi connectivity index (χ1v) is 9.30. The van der Waals surface area contributed by atoms with E-state index in [2.05, 4.69) is 15.0 Å². The molecule has 0 atom stereocenters. The van der Waals surface area contributed by atoms with Gasteiger partial charge in [-0.1, -0.05) is 42.1 Å².